The molecule has 1 aromatic rings. The molecule has 0 unspecified atom stereocenters. The van der Waals surface area contributed by atoms with E-state index in [9.17, 15) is 10.1 Å². The van der Waals surface area contributed by atoms with Crippen molar-refractivity contribution in [3.8, 4) is 0 Å². The quantitative estimate of drug-likeness (QED) is 0.569. The van der Waals surface area contributed by atoms with Crippen LogP contribution >= 0.6 is 11.6 Å². The second kappa shape index (κ2) is 4.21. The fraction of sp³-hybridized carbons (Fsp3) is 0.286. The number of anilines is 1. The molecule has 0 N–H and O–H groups in total. The third-order valence-corrected chi connectivity index (χ3v) is 1.92. The summed E-state index contributed by atoms with van der Waals surface area (Å²) >= 11 is 5.76. The Morgan fingerprint density at radius 1 is 1.64 bits per heavy atom. The van der Waals surface area contributed by atoms with Crippen LogP contribution in [0, 0.1) is 10.1 Å². The molecule has 1 heterocycles. The monoisotopic (exact) mass is 217 g/mol. The molecule has 7 heteroatoms. The van der Waals surface area contributed by atoms with Gasteiger partial charge in [-0.1, -0.05) is 11.6 Å². The van der Waals surface area contributed by atoms with Gasteiger partial charge in [0.05, 0.1) is 17.1 Å². The first kappa shape index (κ1) is 10.7. The van der Waals surface area contributed by atoms with Crippen LogP contribution in [0.25, 0.3) is 0 Å². The Bertz CT molecular complexity index is 358. The molecule has 0 radical (unpaired) electrons. The van der Waals surface area contributed by atoms with Crippen molar-refractivity contribution in [3.05, 3.63) is 27.5 Å². The maximum Gasteiger partial charge on any atom is 0.314 e. The number of halogens is 1. The van der Waals surface area contributed by atoms with Crippen molar-refractivity contribution in [2.24, 2.45) is 0 Å². The van der Waals surface area contributed by atoms with Crippen LogP contribution < -0.4 is 5.06 Å². The highest BCUT2D eigenvalue weighted by Gasteiger charge is 2.21. The molecule has 0 bridgehead atoms. The van der Waals surface area contributed by atoms with Crippen molar-refractivity contribution >= 4 is 23.0 Å². The lowest BCUT2D eigenvalue weighted by Crippen LogP contribution is -2.16. The third-order valence-electron chi connectivity index (χ3n) is 1.64. The molecule has 0 atom stereocenters. The minimum Gasteiger partial charge on any atom is -0.277 e. The Morgan fingerprint density at radius 3 is 2.79 bits per heavy atom. The lowest BCUT2D eigenvalue weighted by atomic mass is 10.3. The van der Waals surface area contributed by atoms with Gasteiger partial charge in [-0.2, -0.15) is 0 Å². The lowest BCUT2D eigenvalue weighted by Gasteiger charge is -2.16. The van der Waals surface area contributed by atoms with Gasteiger partial charge in [0.1, 0.15) is 6.20 Å². The van der Waals surface area contributed by atoms with Gasteiger partial charge in [-0.25, -0.2) is 5.06 Å². The molecule has 0 aliphatic heterocycles. The molecule has 0 aliphatic carbocycles. The number of pyridine rings is 1. The molecule has 0 spiro atoms. The van der Waals surface area contributed by atoms with Gasteiger partial charge in [0.25, 0.3) is 0 Å². The fourth-order valence-corrected chi connectivity index (χ4v) is 1.23. The molecule has 0 saturated carbocycles. The number of nitrogens with zero attached hydrogens (tertiary/aromatic N) is 3. The molecule has 0 saturated heterocycles. The number of nitro groups is 1. The van der Waals surface area contributed by atoms with Crippen LogP contribution in [-0.4, -0.2) is 24.1 Å². The van der Waals surface area contributed by atoms with E-state index in [1.165, 1.54) is 25.4 Å². The Balaban J connectivity index is 3.29. The Labute approximate surface area is 85.2 Å². The van der Waals surface area contributed by atoms with E-state index in [4.69, 9.17) is 16.4 Å². The molecular weight excluding hydrogens is 210 g/mol. The summed E-state index contributed by atoms with van der Waals surface area (Å²) in [6, 6.07) is 0. The van der Waals surface area contributed by atoms with Gasteiger partial charge in [-0.05, 0) is 0 Å². The second-order valence-corrected chi connectivity index (χ2v) is 2.83. The number of hydroxylamine groups is 1. The largest absolute Gasteiger partial charge is 0.314 e. The van der Waals surface area contributed by atoms with Gasteiger partial charge >= 0.3 is 5.69 Å². The first-order chi connectivity index (χ1) is 6.57. The van der Waals surface area contributed by atoms with Gasteiger partial charge in [0, 0.05) is 13.2 Å². The zero-order valence-electron chi connectivity index (χ0n) is 7.60. The van der Waals surface area contributed by atoms with Crippen molar-refractivity contribution in [2.45, 2.75) is 0 Å². The van der Waals surface area contributed by atoms with Gasteiger partial charge in [-0.3, -0.25) is 19.9 Å². The first-order valence-corrected chi connectivity index (χ1v) is 4.01. The molecule has 14 heavy (non-hydrogen) atoms. The maximum atomic E-state index is 10.6. The zero-order chi connectivity index (χ0) is 10.7. The zero-order valence-corrected chi connectivity index (χ0v) is 8.35. The van der Waals surface area contributed by atoms with Crippen molar-refractivity contribution in [1.29, 1.82) is 0 Å². The molecule has 0 amide bonds. The van der Waals surface area contributed by atoms with Crippen LogP contribution in [0.1, 0.15) is 0 Å². The van der Waals surface area contributed by atoms with E-state index in [1.54, 1.807) is 0 Å². The smallest absolute Gasteiger partial charge is 0.277 e. The van der Waals surface area contributed by atoms with Crippen LogP contribution in [0.4, 0.5) is 11.4 Å². The van der Waals surface area contributed by atoms with Crippen LogP contribution in [0.15, 0.2) is 12.4 Å². The molecule has 0 fully saturated rings. The number of hydrogen-bond donors (Lipinski definition) is 0. The highest BCUT2D eigenvalue weighted by molar-refractivity contribution is 6.33. The number of aromatic nitrogens is 1. The minimum atomic E-state index is -0.566. The summed E-state index contributed by atoms with van der Waals surface area (Å²) in [5.74, 6) is 0. The van der Waals surface area contributed by atoms with E-state index in [2.05, 4.69) is 4.98 Å². The van der Waals surface area contributed by atoms with E-state index in [1.807, 2.05) is 0 Å². The summed E-state index contributed by atoms with van der Waals surface area (Å²) in [7, 11) is 2.91. The predicted octanol–water partition coefficient (Wildman–Crippen LogP) is 1.64. The summed E-state index contributed by atoms with van der Waals surface area (Å²) in [5, 5.41) is 12.0. The Morgan fingerprint density at radius 2 is 2.29 bits per heavy atom. The number of rotatable bonds is 3. The molecule has 1 rings (SSSR count). The average Bonchev–Trinajstić information content (AvgIpc) is 2.16. The molecule has 76 valence electrons. The van der Waals surface area contributed by atoms with E-state index in [-0.39, 0.29) is 16.4 Å². The van der Waals surface area contributed by atoms with Crippen LogP contribution in [-0.2, 0) is 4.84 Å². The second-order valence-electron chi connectivity index (χ2n) is 2.43. The summed E-state index contributed by atoms with van der Waals surface area (Å²) < 4.78 is 0. The van der Waals surface area contributed by atoms with E-state index in [0.717, 1.165) is 6.20 Å². The van der Waals surface area contributed by atoms with Gasteiger partial charge in [0.15, 0.2) is 5.69 Å². The first-order valence-electron chi connectivity index (χ1n) is 3.63. The molecule has 1 aromatic heterocycles. The van der Waals surface area contributed by atoms with Crippen LogP contribution in [0.5, 0.6) is 0 Å². The topological polar surface area (TPSA) is 68.5 Å². The number of hydrogen-bond acceptors (Lipinski definition) is 5. The normalized spacial score (nSPS) is 9.93. The maximum absolute atomic E-state index is 10.6. The van der Waals surface area contributed by atoms with Crippen molar-refractivity contribution in [1.82, 2.24) is 4.98 Å². The summed E-state index contributed by atoms with van der Waals surface area (Å²) in [6.07, 6.45) is 2.44. The standard InChI is InChI=1S/C7H8ClN3O3/c1-10(14-2)7-5(8)3-9-4-6(7)11(12)13/h3-4H,1-2H3. The Hall–Kier alpha value is -1.40. The summed E-state index contributed by atoms with van der Waals surface area (Å²) in [5.41, 5.74) is -0.00369. The molecule has 6 nitrogen and oxygen atoms in total. The Kier molecular flexibility index (Phi) is 3.21. The van der Waals surface area contributed by atoms with Crippen LogP contribution in [0.3, 0.4) is 0 Å². The highest BCUT2D eigenvalue weighted by Crippen LogP contribution is 2.33. The average molecular weight is 218 g/mol. The van der Waals surface area contributed by atoms with Gasteiger partial charge in [-0.15, -0.1) is 0 Å². The van der Waals surface area contributed by atoms with Gasteiger partial charge in [0.2, 0.25) is 0 Å². The minimum absolute atomic E-state index is 0.170. The predicted molar refractivity (Wildman–Crippen MR) is 51.3 cm³/mol. The summed E-state index contributed by atoms with van der Waals surface area (Å²) in [4.78, 5) is 18.5. The van der Waals surface area contributed by atoms with E-state index < -0.39 is 4.92 Å². The molecule has 0 aromatic carbocycles. The summed E-state index contributed by atoms with van der Waals surface area (Å²) in [6.45, 7) is 0. The molecular formula is C7H8ClN3O3. The van der Waals surface area contributed by atoms with E-state index in [0.29, 0.717) is 0 Å². The third kappa shape index (κ3) is 1.91. The van der Waals surface area contributed by atoms with Crippen molar-refractivity contribution < 1.29 is 9.76 Å². The molecule has 0 aliphatic rings. The van der Waals surface area contributed by atoms with E-state index >= 15 is 0 Å². The van der Waals surface area contributed by atoms with Crippen molar-refractivity contribution in [3.63, 3.8) is 0 Å². The van der Waals surface area contributed by atoms with Gasteiger partial charge < -0.3 is 0 Å². The SMILES string of the molecule is CON(C)c1c(Cl)cncc1[N+](=O)[O-]. The highest BCUT2D eigenvalue weighted by atomic mass is 35.5. The fourth-order valence-electron chi connectivity index (χ4n) is 0.955. The lowest BCUT2D eigenvalue weighted by molar-refractivity contribution is -0.384. The van der Waals surface area contributed by atoms with Crippen LogP contribution in [0.2, 0.25) is 5.02 Å². The van der Waals surface area contributed by atoms with Crippen molar-refractivity contribution in [2.75, 3.05) is 19.2 Å².